The highest BCUT2D eigenvalue weighted by Crippen LogP contribution is 2.28. The van der Waals surface area contributed by atoms with Crippen molar-refractivity contribution in [2.75, 3.05) is 11.1 Å². The Morgan fingerprint density at radius 2 is 1.96 bits per heavy atom. The van der Waals surface area contributed by atoms with E-state index in [-0.39, 0.29) is 0 Å². The summed E-state index contributed by atoms with van der Waals surface area (Å²) in [5.74, 6) is 1.15. The average molecular weight is 308 g/mol. The van der Waals surface area contributed by atoms with Crippen molar-refractivity contribution in [1.82, 2.24) is 20.2 Å². The van der Waals surface area contributed by atoms with Crippen molar-refractivity contribution in [3.05, 3.63) is 30.5 Å². The number of rotatable bonds is 3. The molecular formula is C17H20N6. The molecule has 6 nitrogen and oxygen atoms in total. The Kier molecular flexibility index (Phi) is 3.57. The maximum Gasteiger partial charge on any atom is 0.222 e. The van der Waals surface area contributed by atoms with Crippen molar-refractivity contribution in [2.45, 2.75) is 38.1 Å². The molecule has 0 radical (unpaired) electrons. The highest BCUT2D eigenvalue weighted by Gasteiger charge is 2.16. The number of hydrogen-bond acceptors (Lipinski definition) is 5. The van der Waals surface area contributed by atoms with Crippen LogP contribution in [0, 0.1) is 0 Å². The lowest BCUT2D eigenvalue weighted by atomic mass is 9.95. The normalized spacial score (nSPS) is 15.8. The summed E-state index contributed by atoms with van der Waals surface area (Å²) < 4.78 is 0. The van der Waals surface area contributed by atoms with E-state index in [1.807, 2.05) is 12.1 Å². The van der Waals surface area contributed by atoms with Gasteiger partial charge in [-0.05, 0) is 31.0 Å². The number of anilines is 2. The summed E-state index contributed by atoms with van der Waals surface area (Å²) in [5.41, 5.74) is 8.77. The highest BCUT2D eigenvalue weighted by atomic mass is 15.1. The number of aromatic nitrogens is 4. The van der Waals surface area contributed by atoms with Gasteiger partial charge in [-0.2, -0.15) is 10.1 Å². The molecule has 2 aromatic heterocycles. The molecule has 1 fully saturated rings. The number of nitrogens with two attached hydrogens (primary N) is 1. The van der Waals surface area contributed by atoms with Crippen LogP contribution in [0.5, 0.6) is 0 Å². The minimum atomic E-state index is 0.303. The number of hydrogen-bond donors (Lipinski definition) is 3. The van der Waals surface area contributed by atoms with Crippen molar-refractivity contribution < 1.29 is 0 Å². The zero-order valence-electron chi connectivity index (χ0n) is 12.9. The van der Waals surface area contributed by atoms with Crippen molar-refractivity contribution in [2.24, 2.45) is 0 Å². The number of benzene rings is 1. The van der Waals surface area contributed by atoms with E-state index < -0.39 is 0 Å². The lowest BCUT2D eigenvalue weighted by Gasteiger charge is -2.24. The average Bonchev–Trinajstić information content (AvgIpc) is 3.09. The maximum absolute atomic E-state index is 5.92. The second kappa shape index (κ2) is 5.87. The third-order valence-corrected chi connectivity index (χ3v) is 4.47. The standard InChI is InChI=1S/C17H20N6/c18-17-21-15-10-11(14-8-9-19-23-14)6-7-13(15)16(22-17)20-12-4-2-1-3-5-12/h6-10,12H,1-5H2,(H,19,23)(H3,18,20,21,22). The van der Waals surface area contributed by atoms with Crippen LogP contribution >= 0.6 is 0 Å². The lowest BCUT2D eigenvalue weighted by Crippen LogP contribution is -2.23. The topological polar surface area (TPSA) is 92.5 Å². The molecule has 118 valence electrons. The summed E-state index contributed by atoms with van der Waals surface area (Å²) in [6, 6.07) is 8.55. The summed E-state index contributed by atoms with van der Waals surface area (Å²) in [5, 5.41) is 11.5. The van der Waals surface area contributed by atoms with Gasteiger partial charge in [0.05, 0.1) is 11.2 Å². The van der Waals surface area contributed by atoms with Crippen molar-refractivity contribution in [3.8, 4) is 11.3 Å². The van der Waals surface area contributed by atoms with E-state index in [1.54, 1.807) is 6.20 Å². The van der Waals surface area contributed by atoms with Gasteiger partial charge in [0.1, 0.15) is 5.82 Å². The van der Waals surface area contributed by atoms with E-state index in [4.69, 9.17) is 5.73 Å². The van der Waals surface area contributed by atoms with Crippen LogP contribution in [0.4, 0.5) is 11.8 Å². The summed E-state index contributed by atoms with van der Waals surface area (Å²) in [4.78, 5) is 8.82. The highest BCUT2D eigenvalue weighted by molar-refractivity contribution is 5.92. The predicted octanol–water partition coefficient (Wildman–Crippen LogP) is 3.35. The molecule has 0 aliphatic heterocycles. The van der Waals surface area contributed by atoms with Gasteiger partial charge in [-0.1, -0.05) is 25.3 Å². The first-order valence-electron chi connectivity index (χ1n) is 8.13. The van der Waals surface area contributed by atoms with Gasteiger partial charge in [0.15, 0.2) is 0 Å². The Labute approximate surface area is 134 Å². The first-order chi connectivity index (χ1) is 11.3. The van der Waals surface area contributed by atoms with Gasteiger partial charge in [0.2, 0.25) is 5.95 Å². The molecule has 1 aliphatic carbocycles. The molecule has 0 bridgehead atoms. The van der Waals surface area contributed by atoms with E-state index in [0.717, 1.165) is 28.0 Å². The minimum absolute atomic E-state index is 0.303. The SMILES string of the molecule is Nc1nc(NC2CCCCC2)c2ccc(-c3ccn[nH]3)cc2n1. The molecule has 0 spiro atoms. The van der Waals surface area contributed by atoms with Crippen LogP contribution in [0.2, 0.25) is 0 Å². The predicted molar refractivity (Wildman–Crippen MR) is 92.0 cm³/mol. The molecule has 2 heterocycles. The van der Waals surface area contributed by atoms with Gasteiger partial charge in [-0.3, -0.25) is 5.10 Å². The smallest absolute Gasteiger partial charge is 0.222 e. The molecule has 4 rings (SSSR count). The van der Waals surface area contributed by atoms with Crippen molar-refractivity contribution in [3.63, 3.8) is 0 Å². The van der Waals surface area contributed by atoms with Gasteiger partial charge < -0.3 is 11.1 Å². The zero-order chi connectivity index (χ0) is 15.6. The second-order valence-electron chi connectivity index (χ2n) is 6.11. The van der Waals surface area contributed by atoms with E-state index in [2.05, 4.69) is 37.6 Å². The Balaban J connectivity index is 1.72. The molecular weight excluding hydrogens is 288 g/mol. The Hall–Kier alpha value is -2.63. The molecule has 0 amide bonds. The maximum atomic E-state index is 5.92. The number of aromatic amines is 1. The van der Waals surface area contributed by atoms with E-state index in [9.17, 15) is 0 Å². The van der Waals surface area contributed by atoms with Crippen LogP contribution in [0.1, 0.15) is 32.1 Å². The molecule has 1 aliphatic rings. The lowest BCUT2D eigenvalue weighted by molar-refractivity contribution is 0.462. The number of fused-ring (bicyclic) bond motifs is 1. The first-order valence-corrected chi connectivity index (χ1v) is 8.13. The Morgan fingerprint density at radius 3 is 2.74 bits per heavy atom. The Bertz CT molecular complexity index is 805. The van der Waals surface area contributed by atoms with Crippen LogP contribution in [0.3, 0.4) is 0 Å². The molecule has 0 saturated heterocycles. The van der Waals surface area contributed by atoms with E-state index >= 15 is 0 Å². The van der Waals surface area contributed by atoms with E-state index in [1.165, 1.54) is 32.1 Å². The molecule has 6 heteroatoms. The van der Waals surface area contributed by atoms with Crippen molar-refractivity contribution >= 4 is 22.7 Å². The minimum Gasteiger partial charge on any atom is -0.368 e. The number of H-pyrrole nitrogens is 1. The third kappa shape index (κ3) is 2.84. The second-order valence-corrected chi connectivity index (χ2v) is 6.11. The van der Waals surface area contributed by atoms with Gasteiger partial charge in [0.25, 0.3) is 0 Å². The van der Waals surface area contributed by atoms with Crippen LogP contribution in [0.15, 0.2) is 30.5 Å². The third-order valence-electron chi connectivity index (χ3n) is 4.47. The molecule has 0 unspecified atom stereocenters. The molecule has 3 aromatic rings. The van der Waals surface area contributed by atoms with Crippen LogP contribution < -0.4 is 11.1 Å². The summed E-state index contributed by atoms with van der Waals surface area (Å²) in [7, 11) is 0. The van der Waals surface area contributed by atoms with Gasteiger partial charge in [0, 0.05) is 23.2 Å². The molecule has 0 atom stereocenters. The van der Waals surface area contributed by atoms with Crippen LogP contribution in [-0.4, -0.2) is 26.2 Å². The quantitative estimate of drug-likeness (QED) is 0.690. The molecule has 23 heavy (non-hydrogen) atoms. The summed E-state index contributed by atoms with van der Waals surface area (Å²) in [6.45, 7) is 0. The monoisotopic (exact) mass is 308 g/mol. The fourth-order valence-electron chi connectivity index (χ4n) is 3.28. The van der Waals surface area contributed by atoms with Crippen LogP contribution in [-0.2, 0) is 0 Å². The first kappa shape index (κ1) is 14.0. The fourth-order valence-corrected chi connectivity index (χ4v) is 3.28. The summed E-state index contributed by atoms with van der Waals surface area (Å²) >= 11 is 0. The molecule has 1 saturated carbocycles. The number of nitrogens with one attached hydrogen (secondary N) is 2. The van der Waals surface area contributed by atoms with Gasteiger partial charge in [-0.25, -0.2) is 4.98 Å². The molecule has 1 aromatic carbocycles. The Morgan fingerprint density at radius 1 is 1.09 bits per heavy atom. The fraction of sp³-hybridized carbons (Fsp3) is 0.353. The van der Waals surface area contributed by atoms with Crippen molar-refractivity contribution in [1.29, 1.82) is 0 Å². The number of nitrogen functional groups attached to an aromatic ring is 1. The van der Waals surface area contributed by atoms with Crippen LogP contribution in [0.25, 0.3) is 22.2 Å². The molecule has 4 N–H and O–H groups in total. The van der Waals surface area contributed by atoms with E-state index in [0.29, 0.717) is 12.0 Å². The summed E-state index contributed by atoms with van der Waals surface area (Å²) in [6.07, 6.45) is 8.01. The zero-order valence-corrected chi connectivity index (χ0v) is 12.9. The van der Waals surface area contributed by atoms with Gasteiger partial charge >= 0.3 is 0 Å². The largest absolute Gasteiger partial charge is 0.368 e. The van der Waals surface area contributed by atoms with Gasteiger partial charge in [-0.15, -0.1) is 0 Å². The number of nitrogens with zero attached hydrogens (tertiary/aromatic N) is 3.